The van der Waals surface area contributed by atoms with E-state index in [9.17, 15) is 9.18 Å². The molecule has 1 aromatic rings. The zero-order valence-corrected chi connectivity index (χ0v) is 9.73. The van der Waals surface area contributed by atoms with Crippen molar-refractivity contribution in [2.24, 2.45) is 5.92 Å². The first-order valence-electron chi connectivity index (χ1n) is 6.14. The van der Waals surface area contributed by atoms with Crippen molar-refractivity contribution in [3.05, 3.63) is 35.6 Å². The van der Waals surface area contributed by atoms with Crippen LogP contribution in [0.5, 0.6) is 0 Å². The molecule has 1 atom stereocenters. The summed E-state index contributed by atoms with van der Waals surface area (Å²) >= 11 is 0. The standard InChI is InChI=1S/C14H17FO2/c15-12-7-5-11(6-8-12)13(9-14(16)17)10-3-1-2-4-10/h5-8,10,13H,1-4,9H2,(H,16,17). The lowest BCUT2D eigenvalue weighted by molar-refractivity contribution is -0.137. The number of carbonyl (C=O) groups is 1. The Kier molecular flexibility index (Phi) is 3.77. The van der Waals surface area contributed by atoms with Gasteiger partial charge in [-0.05, 0) is 42.4 Å². The Balaban J connectivity index is 2.19. The molecule has 1 saturated carbocycles. The van der Waals surface area contributed by atoms with Crippen molar-refractivity contribution >= 4 is 5.97 Å². The number of hydrogen-bond acceptors (Lipinski definition) is 1. The fraction of sp³-hybridized carbons (Fsp3) is 0.500. The van der Waals surface area contributed by atoms with Gasteiger partial charge in [0.2, 0.25) is 0 Å². The van der Waals surface area contributed by atoms with E-state index in [2.05, 4.69) is 0 Å². The molecular formula is C14H17FO2. The van der Waals surface area contributed by atoms with Crippen molar-refractivity contribution in [3.63, 3.8) is 0 Å². The number of carboxylic acids is 1. The molecule has 92 valence electrons. The summed E-state index contributed by atoms with van der Waals surface area (Å²) in [6, 6.07) is 6.28. The van der Waals surface area contributed by atoms with Crippen molar-refractivity contribution in [1.82, 2.24) is 0 Å². The Bertz CT molecular complexity index is 380. The van der Waals surface area contributed by atoms with Crippen LogP contribution in [0.1, 0.15) is 43.6 Å². The van der Waals surface area contributed by atoms with Crippen LogP contribution in [0.3, 0.4) is 0 Å². The molecule has 2 rings (SSSR count). The zero-order valence-electron chi connectivity index (χ0n) is 9.73. The summed E-state index contributed by atoms with van der Waals surface area (Å²) < 4.78 is 12.9. The minimum absolute atomic E-state index is 0.0376. The zero-order chi connectivity index (χ0) is 12.3. The third-order valence-electron chi connectivity index (χ3n) is 3.66. The summed E-state index contributed by atoms with van der Waals surface area (Å²) in [5.41, 5.74) is 0.959. The summed E-state index contributed by atoms with van der Waals surface area (Å²) in [7, 11) is 0. The fourth-order valence-electron chi connectivity index (χ4n) is 2.81. The molecule has 2 nitrogen and oxygen atoms in total. The highest BCUT2D eigenvalue weighted by Gasteiger charge is 2.28. The van der Waals surface area contributed by atoms with Crippen LogP contribution < -0.4 is 0 Å². The van der Waals surface area contributed by atoms with Crippen molar-refractivity contribution in [2.45, 2.75) is 38.0 Å². The van der Waals surface area contributed by atoms with Crippen LogP contribution in [0.4, 0.5) is 4.39 Å². The van der Waals surface area contributed by atoms with Crippen LogP contribution in [-0.4, -0.2) is 11.1 Å². The molecule has 0 saturated heterocycles. The smallest absolute Gasteiger partial charge is 0.303 e. The molecule has 17 heavy (non-hydrogen) atoms. The predicted octanol–water partition coefficient (Wildman–Crippen LogP) is 3.57. The molecule has 1 aliphatic rings. The Morgan fingerprint density at radius 2 is 1.88 bits per heavy atom. The van der Waals surface area contributed by atoms with Crippen molar-refractivity contribution in [1.29, 1.82) is 0 Å². The summed E-state index contributed by atoms with van der Waals surface area (Å²) in [4.78, 5) is 10.9. The topological polar surface area (TPSA) is 37.3 Å². The number of rotatable bonds is 4. The van der Waals surface area contributed by atoms with Gasteiger partial charge < -0.3 is 5.11 Å². The summed E-state index contributed by atoms with van der Waals surface area (Å²) in [5, 5.41) is 8.99. The Morgan fingerprint density at radius 1 is 1.29 bits per heavy atom. The number of aliphatic carboxylic acids is 1. The third-order valence-corrected chi connectivity index (χ3v) is 3.66. The molecule has 1 N–H and O–H groups in total. The highest BCUT2D eigenvalue weighted by Crippen LogP contribution is 2.39. The molecule has 1 aliphatic carbocycles. The van der Waals surface area contributed by atoms with E-state index in [1.165, 1.54) is 25.0 Å². The van der Waals surface area contributed by atoms with Crippen molar-refractivity contribution in [2.75, 3.05) is 0 Å². The highest BCUT2D eigenvalue weighted by atomic mass is 19.1. The molecule has 0 heterocycles. The number of hydrogen-bond donors (Lipinski definition) is 1. The summed E-state index contributed by atoms with van der Waals surface area (Å²) in [5.74, 6) is -0.562. The molecule has 1 unspecified atom stereocenters. The average Bonchev–Trinajstić information content (AvgIpc) is 2.80. The molecule has 0 bridgehead atoms. The minimum Gasteiger partial charge on any atom is -0.481 e. The molecule has 0 spiro atoms. The van der Waals surface area contributed by atoms with E-state index in [0.29, 0.717) is 5.92 Å². The van der Waals surface area contributed by atoms with Gasteiger partial charge in [-0.3, -0.25) is 4.79 Å². The first kappa shape index (κ1) is 12.1. The van der Waals surface area contributed by atoms with Crippen LogP contribution in [0, 0.1) is 11.7 Å². The van der Waals surface area contributed by atoms with Gasteiger partial charge in [0, 0.05) is 0 Å². The second kappa shape index (κ2) is 5.30. The van der Waals surface area contributed by atoms with E-state index in [-0.39, 0.29) is 18.2 Å². The highest BCUT2D eigenvalue weighted by molar-refractivity contribution is 5.68. The second-order valence-corrected chi connectivity index (χ2v) is 4.80. The van der Waals surface area contributed by atoms with E-state index in [1.54, 1.807) is 12.1 Å². The van der Waals surface area contributed by atoms with Gasteiger partial charge >= 0.3 is 5.97 Å². The second-order valence-electron chi connectivity index (χ2n) is 4.80. The first-order valence-corrected chi connectivity index (χ1v) is 6.14. The molecule has 0 amide bonds. The summed E-state index contributed by atoms with van der Waals surface area (Å²) in [6.07, 6.45) is 4.70. The van der Waals surface area contributed by atoms with E-state index in [4.69, 9.17) is 5.11 Å². The van der Waals surface area contributed by atoms with Gasteiger partial charge in [-0.25, -0.2) is 4.39 Å². The molecule has 0 radical (unpaired) electrons. The Hall–Kier alpha value is -1.38. The molecule has 0 aliphatic heterocycles. The normalized spacial score (nSPS) is 18.2. The van der Waals surface area contributed by atoms with E-state index in [0.717, 1.165) is 18.4 Å². The average molecular weight is 236 g/mol. The number of benzene rings is 1. The minimum atomic E-state index is -0.772. The van der Waals surface area contributed by atoms with Gasteiger partial charge in [0.25, 0.3) is 0 Å². The maximum absolute atomic E-state index is 12.9. The quantitative estimate of drug-likeness (QED) is 0.867. The van der Waals surface area contributed by atoms with Gasteiger partial charge in [-0.1, -0.05) is 25.0 Å². The molecular weight excluding hydrogens is 219 g/mol. The van der Waals surface area contributed by atoms with Crippen LogP contribution in [0.25, 0.3) is 0 Å². The van der Waals surface area contributed by atoms with Gasteiger partial charge in [0.1, 0.15) is 5.82 Å². The van der Waals surface area contributed by atoms with Gasteiger partial charge in [0.05, 0.1) is 6.42 Å². The van der Waals surface area contributed by atoms with Crippen LogP contribution in [-0.2, 0) is 4.79 Å². The fourth-order valence-corrected chi connectivity index (χ4v) is 2.81. The van der Waals surface area contributed by atoms with E-state index < -0.39 is 5.97 Å². The van der Waals surface area contributed by atoms with Crippen LogP contribution >= 0.6 is 0 Å². The maximum Gasteiger partial charge on any atom is 0.303 e. The lowest BCUT2D eigenvalue weighted by Crippen LogP contribution is -2.14. The monoisotopic (exact) mass is 236 g/mol. The first-order chi connectivity index (χ1) is 8.16. The lowest BCUT2D eigenvalue weighted by Gasteiger charge is -2.22. The Labute approximate surface area is 100 Å². The van der Waals surface area contributed by atoms with E-state index >= 15 is 0 Å². The van der Waals surface area contributed by atoms with E-state index in [1.807, 2.05) is 0 Å². The maximum atomic E-state index is 12.9. The van der Waals surface area contributed by atoms with Gasteiger partial charge in [0.15, 0.2) is 0 Å². The molecule has 1 aromatic carbocycles. The van der Waals surface area contributed by atoms with Crippen molar-refractivity contribution < 1.29 is 14.3 Å². The number of halogens is 1. The SMILES string of the molecule is O=C(O)CC(c1ccc(F)cc1)C1CCCC1. The van der Waals surface area contributed by atoms with Crippen LogP contribution in [0.15, 0.2) is 24.3 Å². The third kappa shape index (κ3) is 3.05. The predicted molar refractivity (Wildman–Crippen MR) is 63.4 cm³/mol. The molecule has 3 heteroatoms. The number of carboxylic acid groups (broad SMARTS) is 1. The van der Waals surface area contributed by atoms with Gasteiger partial charge in [-0.15, -0.1) is 0 Å². The largest absolute Gasteiger partial charge is 0.481 e. The lowest BCUT2D eigenvalue weighted by atomic mass is 9.82. The van der Waals surface area contributed by atoms with Crippen LogP contribution in [0.2, 0.25) is 0 Å². The Morgan fingerprint density at radius 3 is 2.41 bits per heavy atom. The van der Waals surface area contributed by atoms with Gasteiger partial charge in [-0.2, -0.15) is 0 Å². The summed E-state index contributed by atoms with van der Waals surface area (Å²) in [6.45, 7) is 0. The molecule has 1 fully saturated rings. The van der Waals surface area contributed by atoms with Crippen molar-refractivity contribution in [3.8, 4) is 0 Å². The molecule has 0 aromatic heterocycles.